The fourth-order valence-corrected chi connectivity index (χ4v) is 4.97. The molecule has 0 unspecified atom stereocenters. The molecule has 0 atom stereocenters. The number of hydrogen-bond donors (Lipinski definition) is 1. The molecular formula is C11H14N4O2S3. The summed E-state index contributed by atoms with van der Waals surface area (Å²) in [6, 6.07) is 3.37. The molecule has 1 aliphatic rings. The van der Waals surface area contributed by atoms with Crippen LogP contribution in [-0.2, 0) is 10.0 Å². The van der Waals surface area contributed by atoms with Gasteiger partial charge in [0.25, 0.3) is 0 Å². The Labute approximate surface area is 125 Å². The van der Waals surface area contributed by atoms with Crippen molar-refractivity contribution in [3.63, 3.8) is 0 Å². The van der Waals surface area contributed by atoms with Crippen LogP contribution in [0, 0.1) is 0 Å². The third-order valence-electron chi connectivity index (χ3n) is 3.25. The maximum absolute atomic E-state index is 12.1. The van der Waals surface area contributed by atoms with Crippen molar-refractivity contribution in [2.75, 3.05) is 18.0 Å². The molecule has 6 nitrogen and oxygen atoms in total. The summed E-state index contributed by atoms with van der Waals surface area (Å²) in [5, 5.41) is 1.77. The fraction of sp³-hybridized carbons (Fsp3) is 0.455. The molecule has 9 heteroatoms. The molecule has 1 aliphatic heterocycles. The normalized spacial score (nSPS) is 17.5. The van der Waals surface area contributed by atoms with E-state index in [-0.39, 0.29) is 6.04 Å². The molecule has 1 saturated heterocycles. The Kier molecular flexibility index (Phi) is 4.01. The Morgan fingerprint density at radius 2 is 2.15 bits per heavy atom. The van der Waals surface area contributed by atoms with Gasteiger partial charge >= 0.3 is 0 Å². The summed E-state index contributed by atoms with van der Waals surface area (Å²) < 4.78 is 35.6. The predicted octanol–water partition coefficient (Wildman–Crippen LogP) is 1.55. The van der Waals surface area contributed by atoms with Gasteiger partial charge in [-0.3, -0.25) is 0 Å². The van der Waals surface area contributed by atoms with Crippen molar-refractivity contribution in [1.29, 1.82) is 0 Å². The summed E-state index contributed by atoms with van der Waals surface area (Å²) in [5.74, 6) is 0.884. The minimum absolute atomic E-state index is 0.00931. The number of aromatic nitrogens is 2. The second-order valence-electron chi connectivity index (χ2n) is 4.58. The van der Waals surface area contributed by atoms with Gasteiger partial charge in [-0.1, -0.05) is 6.07 Å². The zero-order chi connectivity index (χ0) is 14.0. The van der Waals surface area contributed by atoms with Gasteiger partial charge in [-0.2, -0.15) is 8.75 Å². The average Bonchev–Trinajstić information content (AvgIpc) is 3.13. The zero-order valence-electron chi connectivity index (χ0n) is 10.6. The molecule has 108 valence electrons. The van der Waals surface area contributed by atoms with E-state index in [0.29, 0.717) is 4.21 Å². The van der Waals surface area contributed by atoms with Crippen molar-refractivity contribution in [2.45, 2.75) is 23.1 Å². The van der Waals surface area contributed by atoms with Gasteiger partial charge in [0.05, 0.1) is 17.9 Å². The van der Waals surface area contributed by atoms with Crippen LogP contribution in [0.4, 0.5) is 5.82 Å². The van der Waals surface area contributed by atoms with E-state index in [0.717, 1.165) is 31.7 Å². The average molecular weight is 330 g/mol. The van der Waals surface area contributed by atoms with Gasteiger partial charge in [-0.15, -0.1) is 11.3 Å². The second-order valence-corrected chi connectivity index (χ2v) is 8.03. The first-order valence-corrected chi connectivity index (χ1v) is 9.33. The van der Waals surface area contributed by atoms with Crippen LogP contribution < -0.4 is 9.62 Å². The molecule has 1 N–H and O–H groups in total. The van der Waals surface area contributed by atoms with Gasteiger partial charge in [0, 0.05) is 19.1 Å². The van der Waals surface area contributed by atoms with Gasteiger partial charge in [-0.05, 0) is 24.3 Å². The molecule has 1 fully saturated rings. The minimum atomic E-state index is -3.36. The van der Waals surface area contributed by atoms with Gasteiger partial charge in [-0.25, -0.2) is 13.1 Å². The minimum Gasteiger partial charge on any atom is -0.354 e. The van der Waals surface area contributed by atoms with Gasteiger partial charge in [0.15, 0.2) is 5.82 Å². The third kappa shape index (κ3) is 3.00. The lowest BCUT2D eigenvalue weighted by Gasteiger charge is -2.31. The van der Waals surface area contributed by atoms with Crippen LogP contribution in [0.15, 0.2) is 27.9 Å². The van der Waals surface area contributed by atoms with Crippen molar-refractivity contribution in [1.82, 2.24) is 13.5 Å². The number of sulfonamides is 1. The van der Waals surface area contributed by atoms with E-state index in [1.807, 2.05) is 0 Å². The van der Waals surface area contributed by atoms with E-state index in [9.17, 15) is 8.42 Å². The molecule has 20 heavy (non-hydrogen) atoms. The van der Waals surface area contributed by atoms with Crippen molar-refractivity contribution >= 4 is 38.9 Å². The molecule has 0 aliphatic carbocycles. The Hall–Kier alpha value is -1.03. The van der Waals surface area contributed by atoms with Gasteiger partial charge in [0.1, 0.15) is 4.21 Å². The molecule has 3 heterocycles. The van der Waals surface area contributed by atoms with Crippen LogP contribution in [0.3, 0.4) is 0 Å². The van der Waals surface area contributed by atoms with E-state index in [1.165, 1.54) is 23.1 Å². The van der Waals surface area contributed by atoms with Crippen molar-refractivity contribution in [3.8, 4) is 0 Å². The molecular weight excluding hydrogens is 316 g/mol. The predicted molar refractivity (Wildman–Crippen MR) is 79.8 cm³/mol. The third-order valence-corrected chi connectivity index (χ3v) is 6.64. The first kappa shape index (κ1) is 13.9. The monoisotopic (exact) mass is 330 g/mol. The standard InChI is InChI=1S/C11H14N4O2S3/c16-20(17,11-2-1-7-18-11)14-9-3-5-15(6-4-9)10-8-12-19-13-10/h1-2,7-9,14H,3-6H2. The number of rotatable bonds is 4. The first-order valence-electron chi connectivity index (χ1n) is 6.23. The molecule has 2 aromatic heterocycles. The summed E-state index contributed by atoms with van der Waals surface area (Å²) in [5.41, 5.74) is 0. The fourth-order valence-electron chi connectivity index (χ4n) is 2.22. The number of piperidine rings is 1. The SMILES string of the molecule is O=S(=O)(NC1CCN(c2cnsn2)CC1)c1cccs1. The Morgan fingerprint density at radius 1 is 1.35 bits per heavy atom. The van der Waals surface area contributed by atoms with Crippen LogP contribution in [-0.4, -0.2) is 36.3 Å². The Morgan fingerprint density at radius 3 is 2.75 bits per heavy atom. The van der Waals surface area contributed by atoms with Crippen LogP contribution in [0.5, 0.6) is 0 Å². The molecule has 0 saturated carbocycles. The lowest BCUT2D eigenvalue weighted by molar-refractivity contribution is 0.459. The second kappa shape index (κ2) is 5.76. The number of anilines is 1. The maximum atomic E-state index is 12.1. The van der Waals surface area contributed by atoms with Crippen molar-refractivity contribution in [3.05, 3.63) is 23.7 Å². The molecule has 0 spiro atoms. The number of hydrogen-bond acceptors (Lipinski definition) is 7. The number of thiophene rings is 1. The summed E-state index contributed by atoms with van der Waals surface area (Å²) in [6.07, 6.45) is 3.31. The highest BCUT2D eigenvalue weighted by molar-refractivity contribution is 7.91. The smallest absolute Gasteiger partial charge is 0.250 e. The van der Waals surface area contributed by atoms with Crippen LogP contribution in [0.25, 0.3) is 0 Å². The van der Waals surface area contributed by atoms with E-state index in [4.69, 9.17) is 0 Å². The molecule has 3 rings (SSSR count). The van der Waals surface area contributed by atoms with Crippen molar-refractivity contribution < 1.29 is 8.42 Å². The summed E-state index contributed by atoms with van der Waals surface area (Å²) in [6.45, 7) is 1.59. The van der Waals surface area contributed by atoms with Crippen LogP contribution >= 0.6 is 23.1 Å². The highest BCUT2D eigenvalue weighted by atomic mass is 32.2. The lowest BCUT2D eigenvalue weighted by atomic mass is 10.1. The number of nitrogens with one attached hydrogen (secondary N) is 1. The van der Waals surface area contributed by atoms with E-state index >= 15 is 0 Å². The number of nitrogens with zero attached hydrogens (tertiary/aromatic N) is 3. The van der Waals surface area contributed by atoms with Crippen molar-refractivity contribution in [2.24, 2.45) is 0 Å². The summed E-state index contributed by atoms with van der Waals surface area (Å²) in [4.78, 5) is 2.14. The van der Waals surface area contributed by atoms with Gasteiger partial charge in [0.2, 0.25) is 10.0 Å². The van der Waals surface area contributed by atoms with Gasteiger partial charge < -0.3 is 4.90 Å². The molecule has 0 radical (unpaired) electrons. The molecule has 0 aromatic carbocycles. The lowest BCUT2D eigenvalue weighted by Crippen LogP contribution is -2.44. The Balaban J connectivity index is 1.59. The zero-order valence-corrected chi connectivity index (χ0v) is 13.0. The Bertz CT molecular complexity index is 631. The van der Waals surface area contributed by atoms with E-state index in [2.05, 4.69) is 18.4 Å². The first-order chi connectivity index (χ1) is 9.65. The molecule has 0 bridgehead atoms. The topological polar surface area (TPSA) is 75.2 Å². The summed E-state index contributed by atoms with van der Waals surface area (Å²) in [7, 11) is -3.36. The highest BCUT2D eigenvalue weighted by Gasteiger charge is 2.25. The highest BCUT2D eigenvalue weighted by Crippen LogP contribution is 2.21. The molecule has 2 aromatic rings. The van der Waals surface area contributed by atoms with E-state index in [1.54, 1.807) is 23.7 Å². The van der Waals surface area contributed by atoms with E-state index < -0.39 is 10.0 Å². The van der Waals surface area contributed by atoms with Crippen LogP contribution in [0.2, 0.25) is 0 Å². The maximum Gasteiger partial charge on any atom is 0.250 e. The summed E-state index contributed by atoms with van der Waals surface area (Å²) >= 11 is 2.43. The quantitative estimate of drug-likeness (QED) is 0.920. The van der Waals surface area contributed by atoms with Crippen LogP contribution in [0.1, 0.15) is 12.8 Å². The largest absolute Gasteiger partial charge is 0.354 e. The molecule has 0 amide bonds.